The van der Waals surface area contributed by atoms with Crippen LogP contribution in [0.5, 0.6) is 0 Å². The first-order valence-corrected chi connectivity index (χ1v) is 5.83. The molecule has 3 aromatic rings. The number of allylic oxidation sites excluding steroid dienone is 1. The monoisotopic (exact) mass is 220 g/mol. The van der Waals surface area contributed by atoms with E-state index < -0.39 is 0 Å². The summed E-state index contributed by atoms with van der Waals surface area (Å²) in [5, 5.41) is 2.58. The van der Waals surface area contributed by atoms with Crippen LogP contribution in [0.1, 0.15) is 5.56 Å². The van der Waals surface area contributed by atoms with Gasteiger partial charge in [-0.25, -0.2) is 0 Å². The van der Waals surface area contributed by atoms with Gasteiger partial charge in [-0.3, -0.25) is 4.57 Å². The minimum absolute atomic E-state index is 0.843. The normalized spacial score (nSPS) is 14.2. The lowest BCUT2D eigenvalue weighted by Gasteiger charge is -2.14. The lowest BCUT2D eigenvalue weighted by Crippen LogP contribution is -2.11. The summed E-state index contributed by atoms with van der Waals surface area (Å²) in [6.07, 6.45) is 3.02. The molecule has 0 saturated heterocycles. The topological polar surface area (TPSA) is 30.9 Å². The van der Waals surface area contributed by atoms with Crippen LogP contribution in [0.25, 0.3) is 27.6 Å². The summed E-state index contributed by atoms with van der Waals surface area (Å²) in [7, 11) is 0. The van der Waals surface area contributed by atoms with Crippen molar-refractivity contribution in [2.75, 3.05) is 0 Å². The van der Waals surface area contributed by atoms with Crippen LogP contribution in [-0.2, 0) is 6.42 Å². The quantitative estimate of drug-likeness (QED) is 0.620. The second kappa shape index (κ2) is 2.92. The van der Waals surface area contributed by atoms with E-state index in [1.165, 1.54) is 27.4 Å². The highest BCUT2D eigenvalue weighted by atomic mass is 15.1. The number of para-hydroxylation sites is 2. The van der Waals surface area contributed by atoms with Crippen molar-refractivity contribution in [3.05, 3.63) is 54.1 Å². The molecule has 2 heteroatoms. The molecule has 0 saturated carbocycles. The van der Waals surface area contributed by atoms with E-state index in [-0.39, 0.29) is 0 Å². The molecule has 2 heterocycles. The molecule has 0 radical (unpaired) electrons. The molecule has 17 heavy (non-hydrogen) atoms. The molecule has 82 valence electrons. The van der Waals surface area contributed by atoms with Gasteiger partial charge in [-0.15, -0.1) is 0 Å². The Balaban J connectivity index is 2.38. The van der Waals surface area contributed by atoms with Crippen LogP contribution in [0, 0.1) is 0 Å². The van der Waals surface area contributed by atoms with Gasteiger partial charge in [-0.2, -0.15) is 0 Å². The van der Waals surface area contributed by atoms with Gasteiger partial charge < -0.3 is 5.73 Å². The Bertz CT molecular complexity index is 778. The predicted molar refractivity (Wildman–Crippen MR) is 71.6 cm³/mol. The first-order valence-electron chi connectivity index (χ1n) is 5.83. The molecule has 0 spiro atoms. The molecule has 0 bridgehead atoms. The fourth-order valence-electron chi connectivity index (χ4n) is 2.83. The Kier molecular flexibility index (Phi) is 1.52. The lowest BCUT2D eigenvalue weighted by molar-refractivity contribution is 1.09. The van der Waals surface area contributed by atoms with Gasteiger partial charge in [0.05, 0.1) is 11.0 Å². The Morgan fingerprint density at radius 1 is 0.941 bits per heavy atom. The van der Waals surface area contributed by atoms with Crippen LogP contribution in [-0.4, -0.2) is 4.57 Å². The highest BCUT2D eigenvalue weighted by Crippen LogP contribution is 2.34. The van der Waals surface area contributed by atoms with Crippen molar-refractivity contribution in [1.82, 2.24) is 4.57 Å². The summed E-state index contributed by atoms with van der Waals surface area (Å²) >= 11 is 0. The number of hydrogen-bond acceptors (Lipinski definition) is 1. The predicted octanol–water partition coefficient (Wildman–Crippen LogP) is 3.11. The maximum absolute atomic E-state index is 6.14. The summed E-state index contributed by atoms with van der Waals surface area (Å²) in [5.41, 5.74) is 9.96. The van der Waals surface area contributed by atoms with Crippen LogP contribution in [0.4, 0.5) is 0 Å². The van der Waals surface area contributed by atoms with Crippen molar-refractivity contribution >= 4 is 27.6 Å². The fraction of sp³-hybridized carbons (Fsp3) is 0.0667. The number of hydrogen-bond donors (Lipinski definition) is 1. The number of nitrogens with two attached hydrogens (primary N) is 1. The second-order valence-electron chi connectivity index (χ2n) is 4.50. The third-order valence-electron chi connectivity index (χ3n) is 3.57. The number of fused-ring (bicyclic) bond motifs is 3. The van der Waals surface area contributed by atoms with Gasteiger partial charge >= 0.3 is 0 Å². The van der Waals surface area contributed by atoms with E-state index in [4.69, 9.17) is 5.73 Å². The van der Waals surface area contributed by atoms with Crippen LogP contribution in [0.15, 0.2) is 48.5 Å². The zero-order valence-corrected chi connectivity index (χ0v) is 9.35. The van der Waals surface area contributed by atoms with Gasteiger partial charge in [0, 0.05) is 10.8 Å². The zero-order valence-electron chi connectivity index (χ0n) is 9.35. The summed E-state index contributed by atoms with van der Waals surface area (Å²) in [4.78, 5) is 0. The van der Waals surface area contributed by atoms with E-state index in [9.17, 15) is 0 Å². The summed E-state index contributed by atoms with van der Waals surface area (Å²) in [6, 6.07) is 14.9. The first-order chi connectivity index (χ1) is 8.36. The lowest BCUT2D eigenvalue weighted by atomic mass is 10.1. The molecule has 2 N–H and O–H groups in total. The van der Waals surface area contributed by atoms with Crippen LogP contribution < -0.4 is 5.73 Å². The molecule has 0 amide bonds. The maximum Gasteiger partial charge on any atom is 0.104 e. The van der Waals surface area contributed by atoms with Gasteiger partial charge in [0.2, 0.25) is 0 Å². The van der Waals surface area contributed by atoms with Crippen molar-refractivity contribution < 1.29 is 0 Å². The van der Waals surface area contributed by atoms with Gasteiger partial charge in [-0.05, 0) is 24.1 Å². The average molecular weight is 220 g/mol. The molecule has 2 aromatic carbocycles. The van der Waals surface area contributed by atoms with Gasteiger partial charge in [0.25, 0.3) is 0 Å². The third kappa shape index (κ3) is 0.998. The fourth-order valence-corrected chi connectivity index (χ4v) is 2.83. The molecule has 1 aliphatic heterocycles. The van der Waals surface area contributed by atoms with Crippen LogP contribution >= 0.6 is 0 Å². The molecule has 0 fully saturated rings. The zero-order chi connectivity index (χ0) is 11.4. The third-order valence-corrected chi connectivity index (χ3v) is 3.57. The smallest absolute Gasteiger partial charge is 0.104 e. The molecule has 1 aliphatic rings. The van der Waals surface area contributed by atoms with E-state index in [0.717, 1.165) is 12.2 Å². The van der Waals surface area contributed by atoms with Crippen molar-refractivity contribution in [1.29, 1.82) is 0 Å². The van der Waals surface area contributed by atoms with Crippen molar-refractivity contribution in [2.24, 2.45) is 5.73 Å². The van der Waals surface area contributed by atoms with E-state index in [0.29, 0.717) is 0 Å². The molecular formula is C15H12N2. The highest BCUT2D eigenvalue weighted by molar-refractivity contribution is 6.11. The number of nitrogens with zero attached hydrogens (tertiary/aromatic N) is 1. The van der Waals surface area contributed by atoms with Gasteiger partial charge in [-0.1, -0.05) is 36.4 Å². The molecule has 0 aliphatic carbocycles. The Labute approximate surface area is 99.0 Å². The Morgan fingerprint density at radius 2 is 1.76 bits per heavy atom. The number of aromatic nitrogens is 1. The van der Waals surface area contributed by atoms with E-state index >= 15 is 0 Å². The molecule has 0 atom stereocenters. The second-order valence-corrected chi connectivity index (χ2v) is 4.50. The summed E-state index contributed by atoms with van der Waals surface area (Å²) in [6.45, 7) is 0. The van der Waals surface area contributed by atoms with Crippen LogP contribution in [0.3, 0.4) is 0 Å². The Morgan fingerprint density at radius 3 is 2.71 bits per heavy atom. The summed E-state index contributed by atoms with van der Waals surface area (Å²) in [5.74, 6) is 0.843. The molecule has 4 rings (SSSR count). The number of benzene rings is 2. The first kappa shape index (κ1) is 8.88. The Hall–Kier alpha value is -2.22. The molecule has 0 unspecified atom stereocenters. The van der Waals surface area contributed by atoms with Crippen LogP contribution in [0.2, 0.25) is 0 Å². The summed E-state index contributed by atoms with van der Waals surface area (Å²) < 4.78 is 2.17. The van der Waals surface area contributed by atoms with E-state index in [1.54, 1.807) is 0 Å². The van der Waals surface area contributed by atoms with E-state index in [2.05, 4.69) is 53.1 Å². The average Bonchev–Trinajstić information content (AvgIpc) is 2.71. The van der Waals surface area contributed by atoms with Crippen molar-refractivity contribution in [3.8, 4) is 0 Å². The van der Waals surface area contributed by atoms with E-state index in [1.807, 2.05) is 0 Å². The largest absolute Gasteiger partial charge is 0.385 e. The van der Waals surface area contributed by atoms with Gasteiger partial charge in [0.1, 0.15) is 5.82 Å². The minimum Gasteiger partial charge on any atom is -0.385 e. The van der Waals surface area contributed by atoms with Crippen molar-refractivity contribution in [3.63, 3.8) is 0 Å². The maximum atomic E-state index is 6.14. The standard InChI is InChI=1S/C15H12N2/c16-14-9-8-10-4-3-6-12-11-5-1-2-7-13(11)17(14)15(10)12/h1-7,9H,8,16H2. The van der Waals surface area contributed by atoms with Crippen molar-refractivity contribution in [2.45, 2.75) is 6.42 Å². The number of rotatable bonds is 0. The SMILES string of the molecule is NC1=CCc2cccc3c4ccccc4n1c23. The molecule has 2 nitrogen and oxygen atoms in total. The molecule has 1 aromatic heterocycles. The highest BCUT2D eigenvalue weighted by Gasteiger charge is 2.17. The molecular weight excluding hydrogens is 208 g/mol. The van der Waals surface area contributed by atoms with Gasteiger partial charge in [0.15, 0.2) is 0 Å². The minimum atomic E-state index is 0.843.